The minimum atomic E-state index is -0.214. The van der Waals surface area contributed by atoms with Crippen LogP contribution in [0.25, 0.3) is 5.82 Å². The van der Waals surface area contributed by atoms with Crippen molar-refractivity contribution in [1.82, 2.24) is 14.8 Å². The predicted octanol–water partition coefficient (Wildman–Crippen LogP) is 3.21. The average Bonchev–Trinajstić information content (AvgIpc) is 3.06. The summed E-state index contributed by atoms with van der Waals surface area (Å²) in [6, 6.07) is 13.1. The van der Waals surface area contributed by atoms with Gasteiger partial charge in [-0.2, -0.15) is 5.10 Å². The zero-order valence-electron chi connectivity index (χ0n) is 12.4. The first-order valence-electron chi connectivity index (χ1n) is 6.93. The number of nitrogens with one attached hydrogen (secondary N) is 2. The number of rotatable bonds is 5. The first-order chi connectivity index (χ1) is 11.3. The van der Waals surface area contributed by atoms with Crippen LogP contribution in [0.3, 0.4) is 0 Å². The standard InChI is InChI=1S/C16H15N5OS/c1-23-20-14-6-4-5-13(9-14)19-16(22)12-10-18-21(11-12)15-7-2-3-8-17-15/h2-11,20H,1H3,(H,19,22). The van der Waals surface area contributed by atoms with Gasteiger partial charge in [-0.25, -0.2) is 9.67 Å². The minimum Gasteiger partial charge on any atom is -0.330 e. The molecule has 1 aromatic carbocycles. The van der Waals surface area contributed by atoms with Crippen LogP contribution >= 0.6 is 11.9 Å². The topological polar surface area (TPSA) is 71.8 Å². The summed E-state index contributed by atoms with van der Waals surface area (Å²) in [5.41, 5.74) is 2.12. The lowest BCUT2D eigenvalue weighted by molar-refractivity contribution is 0.102. The van der Waals surface area contributed by atoms with Crippen molar-refractivity contribution in [3.8, 4) is 5.82 Å². The third kappa shape index (κ3) is 3.70. The Kier molecular flexibility index (Phi) is 4.58. The molecule has 0 saturated carbocycles. The Hall–Kier alpha value is -2.80. The summed E-state index contributed by atoms with van der Waals surface area (Å²) in [7, 11) is 0. The fourth-order valence-electron chi connectivity index (χ4n) is 2.04. The van der Waals surface area contributed by atoms with E-state index in [1.807, 2.05) is 48.7 Å². The smallest absolute Gasteiger partial charge is 0.258 e. The molecule has 1 amide bonds. The Morgan fingerprint density at radius 2 is 2.04 bits per heavy atom. The predicted molar refractivity (Wildman–Crippen MR) is 92.9 cm³/mol. The van der Waals surface area contributed by atoms with Crippen molar-refractivity contribution >= 4 is 29.2 Å². The molecule has 2 heterocycles. The number of benzene rings is 1. The van der Waals surface area contributed by atoms with Crippen LogP contribution in [0.2, 0.25) is 0 Å². The Bertz CT molecular complexity index is 803. The molecular formula is C16H15N5OS. The number of carbonyl (C=O) groups excluding carboxylic acids is 1. The summed E-state index contributed by atoms with van der Waals surface area (Å²) in [6.45, 7) is 0. The third-order valence-electron chi connectivity index (χ3n) is 3.07. The third-order valence-corrected chi connectivity index (χ3v) is 3.51. The fraction of sp³-hybridized carbons (Fsp3) is 0.0625. The number of anilines is 2. The lowest BCUT2D eigenvalue weighted by atomic mass is 10.2. The molecule has 6 nitrogen and oxygen atoms in total. The lowest BCUT2D eigenvalue weighted by Crippen LogP contribution is -2.11. The van der Waals surface area contributed by atoms with E-state index in [9.17, 15) is 4.79 Å². The summed E-state index contributed by atoms with van der Waals surface area (Å²) >= 11 is 1.50. The van der Waals surface area contributed by atoms with Gasteiger partial charge >= 0.3 is 0 Å². The maximum absolute atomic E-state index is 12.3. The Morgan fingerprint density at radius 3 is 2.83 bits per heavy atom. The van der Waals surface area contributed by atoms with Gasteiger partial charge in [-0.1, -0.05) is 24.1 Å². The highest BCUT2D eigenvalue weighted by Gasteiger charge is 2.10. The monoisotopic (exact) mass is 325 g/mol. The minimum absolute atomic E-state index is 0.214. The van der Waals surface area contributed by atoms with E-state index in [-0.39, 0.29) is 5.91 Å². The fourth-order valence-corrected chi connectivity index (χ4v) is 2.40. The average molecular weight is 325 g/mol. The van der Waals surface area contributed by atoms with Crippen molar-refractivity contribution < 1.29 is 4.79 Å². The van der Waals surface area contributed by atoms with Crippen molar-refractivity contribution in [3.63, 3.8) is 0 Å². The highest BCUT2D eigenvalue weighted by atomic mass is 32.2. The van der Waals surface area contributed by atoms with Crippen LogP contribution in [-0.2, 0) is 0 Å². The number of aromatic nitrogens is 3. The SMILES string of the molecule is CSNc1cccc(NC(=O)c2cnn(-c3ccccn3)c2)c1. The van der Waals surface area contributed by atoms with Gasteiger partial charge in [0.2, 0.25) is 0 Å². The van der Waals surface area contributed by atoms with Crippen LogP contribution in [0.5, 0.6) is 0 Å². The van der Waals surface area contributed by atoms with Crippen molar-refractivity contribution in [2.75, 3.05) is 16.3 Å². The van der Waals surface area contributed by atoms with Crippen LogP contribution < -0.4 is 10.0 Å². The molecule has 23 heavy (non-hydrogen) atoms. The summed E-state index contributed by atoms with van der Waals surface area (Å²) < 4.78 is 4.70. The van der Waals surface area contributed by atoms with Gasteiger partial charge in [0, 0.05) is 30.0 Å². The molecule has 0 radical (unpaired) electrons. The highest BCUT2D eigenvalue weighted by molar-refractivity contribution is 7.99. The van der Waals surface area contributed by atoms with Gasteiger partial charge in [0.15, 0.2) is 5.82 Å². The molecule has 0 unspecified atom stereocenters. The summed E-state index contributed by atoms with van der Waals surface area (Å²) in [4.78, 5) is 16.5. The molecule has 0 bridgehead atoms. The molecule has 2 N–H and O–H groups in total. The maximum Gasteiger partial charge on any atom is 0.258 e. The maximum atomic E-state index is 12.3. The van der Waals surface area contributed by atoms with Gasteiger partial charge in [-0.3, -0.25) is 4.79 Å². The zero-order chi connectivity index (χ0) is 16.1. The molecular weight excluding hydrogens is 310 g/mol. The van der Waals surface area contributed by atoms with E-state index >= 15 is 0 Å². The van der Waals surface area contributed by atoms with E-state index in [0.29, 0.717) is 11.4 Å². The van der Waals surface area contributed by atoms with Gasteiger partial charge < -0.3 is 10.0 Å². The molecule has 0 atom stereocenters. The van der Waals surface area contributed by atoms with Gasteiger partial charge in [-0.15, -0.1) is 0 Å². The zero-order valence-corrected chi connectivity index (χ0v) is 13.2. The molecule has 2 aromatic heterocycles. The van der Waals surface area contributed by atoms with Crippen molar-refractivity contribution in [1.29, 1.82) is 0 Å². The van der Waals surface area contributed by atoms with E-state index in [4.69, 9.17) is 0 Å². The van der Waals surface area contributed by atoms with E-state index in [1.165, 1.54) is 18.1 Å². The number of hydrogen-bond donors (Lipinski definition) is 2. The van der Waals surface area contributed by atoms with Crippen LogP contribution in [0.4, 0.5) is 11.4 Å². The van der Waals surface area contributed by atoms with Gasteiger partial charge in [0.1, 0.15) is 0 Å². The summed E-state index contributed by atoms with van der Waals surface area (Å²) in [5, 5.41) is 7.03. The second-order valence-corrected chi connectivity index (χ2v) is 5.32. The number of nitrogens with zero attached hydrogens (tertiary/aromatic N) is 3. The Morgan fingerprint density at radius 1 is 1.17 bits per heavy atom. The number of carbonyl (C=O) groups is 1. The molecule has 0 aliphatic heterocycles. The first-order valence-corrected chi connectivity index (χ1v) is 8.15. The molecule has 3 rings (SSSR count). The van der Waals surface area contributed by atoms with Crippen LogP contribution in [0, 0.1) is 0 Å². The summed E-state index contributed by atoms with van der Waals surface area (Å²) in [5.74, 6) is 0.450. The van der Waals surface area contributed by atoms with Gasteiger partial charge in [0.05, 0.1) is 11.8 Å². The van der Waals surface area contributed by atoms with Crippen molar-refractivity contribution in [2.24, 2.45) is 0 Å². The molecule has 0 aliphatic carbocycles. The molecule has 0 saturated heterocycles. The molecule has 0 spiro atoms. The highest BCUT2D eigenvalue weighted by Crippen LogP contribution is 2.18. The second kappa shape index (κ2) is 6.97. The molecule has 116 valence electrons. The normalized spacial score (nSPS) is 10.3. The van der Waals surface area contributed by atoms with Crippen LogP contribution in [0.15, 0.2) is 61.1 Å². The molecule has 0 aliphatic rings. The second-order valence-electron chi connectivity index (χ2n) is 4.70. The number of hydrogen-bond acceptors (Lipinski definition) is 5. The lowest BCUT2D eigenvalue weighted by Gasteiger charge is -2.06. The van der Waals surface area contributed by atoms with E-state index < -0.39 is 0 Å². The van der Waals surface area contributed by atoms with Gasteiger partial charge in [-0.05, 0) is 30.3 Å². The van der Waals surface area contributed by atoms with Crippen molar-refractivity contribution in [3.05, 3.63) is 66.6 Å². The molecule has 0 fully saturated rings. The van der Waals surface area contributed by atoms with E-state index in [0.717, 1.165) is 11.4 Å². The van der Waals surface area contributed by atoms with E-state index in [1.54, 1.807) is 17.1 Å². The first kappa shape index (κ1) is 15.1. The Labute approximate surface area is 138 Å². The number of amides is 1. The molecule has 7 heteroatoms. The molecule has 3 aromatic rings. The largest absolute Gasteiger partial charge is 0.330 e. The van der Waals surface area contributed by atoms with Gasteiger partial charge in [0.25, 0.3) is 5.91 Å². The van der Waals surface area contributed by atoms with Crippen LogP contribution in [-0.4, -0.2) is 26.9 Å². The quantitative estimate of drug-likeness (QED) is 0.705. The Balaban J connectivity index is 1.74. The van der Waals surface area contributed by atoms with Crippen molar-refractivity contribution in [2.45, 2.75) is 0 Å². The number of pyridine rings is 1. The van der Waals surface area contributed by atoms with E-state index in [2.05, 4.69) is 20.1 Å². The van der Waals surface area contributed by atoms with Crippen LogP contribution in [0.1, 0.15) is 10.4 Å². The summed E-state index contributed by atoms with van der Waals surface area (Å²) in [6.07, 6.45) is 6.80.